The largest absolute Gasteiger partial charge is 0.479 e. The molecule has 32 heavy (non-hydrogen) atoms. The van der Waals surface area contributed by atoms with Crippen LogP contribution in [0.2, 0.25) is 0 Å². The molecule has 168 valence electrons. The van der Waals surface area contributed by atoms with Gasteiger partial charge in [-0.2, -0.15) is 4.39 Å². The molecule has 2 aromatic carbocycles. The maximum Gasteiger partial charge on any atom is 0.343 e. The van der Waals surface area contributed by atoms with Gasteiger partial charge in [0.05, 0.1) is 10.8 Å². The van der Waals surface area contributed by atoms with Crippen molar-refractivity contribution in [3.63, 3.8) is 0 Å². The van der Waals surface area contributed by atoms with E-state index in [0.29, 0.717) is 10.0 Å². The lowest BCUT2D eigenvalue weighted by Gasteiger charge is -2.35. The summed E-state index contributed by atoms with van der Waals surface area (Å²) in [5.41, 5.74) is -4.42. The summed E-state index contributed by atoms with van der Waals surface area (Å²) in [4.78, 5) is 36.1. The van der Waals surface area contributed by atoms with E-state index in [2.05, 4.69) is 15.9 Å². The zero-order valence-electron chi connectivity index (χ0n) is 16.2. The molecule has 0 spiro atoms. The van der Waals surface area contributed by atoms with Crippen LogP contribution in [-0.4, -0.2) is 51.5 Å². The number of aliphatic carboxylic acids is 3. The molecule has 0 bridgehead atoms. The molecular formula is C20H15BrFNO8S. The molecule has 9 nitrogen and oxygen atoms in total. The molecule has 1 unspecified atom stereocenters. The maximum atomic E-state index is 15.5. The first-order valence-corrected chi connectivity index (χ1v) is 11.1. The number of rotatable bonds is 6. The fourth-order valence-electron chi connectivity index (χ4n) is 3.61. The lowest BCUT2D eigenvalue weighted by atomic mass is 9.77. The van der Waals surface area contributed by atoms with Crippen LogP contribution in [0.25, 0.3) is 0 Å². The highest BCUT2D eigenvalue weighted by atomic mass is 79.9. The predicted octanol–water partition coefficient (Wildman–Crippen LogP) is 2.72. The Hall–Kier alpha value is -3.25. The number of hydrogen-bond donors (Lipinski definition) is 3. The summed E-state index contributed by atoms with van der Waals surface area (Å²) in [5, 5.41) is 29.6. The molecule has 1 aliphatic heterocycles. The lowest BCUT2D eigenvalue weighted by Crippen LogP contribution is -2.61. The fourth-order valence-corrected chi connectivity index (χ4v) is 5.51. The van der Waals surface area contributed by atoms with Crippen molar-refractivity contribution in [3.8, 4) is 0 Å². The van der Waals surface area contributed by atoms with Crippen molar-refractivity contribution < 1.29 is 42.5 Å². The molecule has 12 heteroatoms. The number of halogens is 2. The minimum Gasteiger partial charge on any atom is -0.479 e. The van der Waals surface area contributed by atoms with E-state index in [1.807, 2.05) is 0 Å². The number of benzene rings is 2. The van der Waals surface area contributed by atoms with Crippen LogP contribution in [0.3, 0.4) is 0 Å². The predicted molar refractivity (Wildman–Crippen MR) is 111 cm³/mol. The van der Waals surface area contributed by atoms with Crippen molar-refractivity contribution in [2.75, 3.05) is 0 Å². The van der Waals surface area contributed by atoms with Gasteiger partial charge in [0.1, 0.15) is 5.57 Å². The van der Waals surface area contributed by atoms with Gasteiger partial charge in [-0.25, -0.2) is 27.1 Å². The normalized spacial score (nSPS) is 18.0. The Morgan fingerprint density at radius 3 is 1.91 bits per heavy atom. The SMILES string of the molecule is Cc1ccc(S(=O)(=O)N2C(F)=C(C(=O)O)C(c3ccc(Br)cc3)C2(C(=O)O)C(=O)O)cc1. The van der Waals surface area contributed by atoms with E-state index in [9.17, 15) is 38.1 Å². The molecule has 0 radical (unpaired) electrons. The molecule has 1 atom stereocenters. The standard InChI is InChI=1S/C20H15BrFNO8S/c1-10-2-8-13(9-3-10)32(30,31)23-16(22)14(17(24)25)15(11-4-6-12(21)7-5-11)20(23,18(26)27)19(28)29/h2-9,15H,1H3,(H,24,25)(H,26,27)(H,28,29). The Morgan fingerprint density at radius 1 is 0.969 bits per heavy atom. The van der Waals surface area contributed by atoms with Gasteiger partial charge in [0.2, 0.25) is 5.95 Å². The molecule has 0 saturated heterocycles. The topological polar surface area (TPSA) is 149 Å². The van der Waals surface area contributed by atoms with Crippen molar-refractivity contribution in [1.29, 1.82) is 0 Å². The Morgan fingerprint density at radius 2 is 1.47 bits per heavy atom. The average Bonchev–Trinajstić information content (AvgIpc) is 3.00. The number of carbonyl (C=O) groups is 3. The molecule has 0 fully saturated rings. The first-order chi connectivity index (χ1) is 14.9. The van der Waals surface area contributed by atoms with Crippen LogP contribution < -0.4 is 0 Å². The van der Waals surface area contributed by atoms with Crippen LogP contribution in [0.4, 0.5) is 4.39 Å². The van der Waals surface area contributed by atoms with Crippen LogP contribution in [0.5, 0.6) is 0 Å². The van der Waals surface area contributed by atoms with Crippen LogP contribution in [0.15, 0.2) is 69.4 Å². The minimum absolute atomic E-state index is 0.216. The number of aryl methyl sites for hydroxylation is 1. The monoisotopic (exact) mass is 527 g/mol. The highest BCUT2D eigenvalue weighted by Crippen LogP contribution is 2.52. The highest BCUT2D eigenvalue weighted by Gasteiger charge is 2.70. The van der Waals surface area contributed by atoms with Crippen molar-refractivity contribution in [2.24, 2.45) is 0 Å². The lowest BCUT2D eigenvalue weighted by molar-refractivity contribution is -0.163. The van der Waals surface area contributed by atoms with Gasteiger partial charge in [-0.15, -0.1) is 0 Å². The molecule has 2 aromatic rings. The summed E-state index contributed by atoms with van der Waals surface area (Å²) in [6.45, 7) is 1.64. The van der Waals surface area contributed by atoms with E-state index in [4.69, 9.17) is 0 Å². The molecule has 3 N–H and O–H groups in total. The number of sulfonamides is 1. The Balaban J connectivity index is 2.43. The second-order valence-corrected chi connectivity index (χ2v) is 9.66. The van der Waals surface area contributed by atoms with Crippen LogP contribution in [0, 0.1) is 6.92 Å². The van der Waals surface area contributed by atoms with E-state index in [-0.39, 0.29) is 5.56 Å². The highest BCUT2D eigenvalue weighted by molar-refractivity contribution is 9.10. The van der Waals surface area contributed by atoms with Crippen molar-refractivity contribution in [3.05, 3.63) is 75.7 Å². The van der Waals surface area contributed by atoms with Gasteiger partial charge in [0.15, 0.2) is 0 Å². The smallest absolute Gasteiger partial charge is 0.343 e. The van der Waals surface area contributed by atoms with Crippen molar-refractivity contribution in [1.82, 2.24) is 4.31 Å². The quantitative estimate of drug-likeness (QED) is 0.383. The van der Waals surface area contributed by atoms with Gasteiger partial charge in [-0.3, -0.25) is 0 Å². The summed E-state index contributed by atoms with van der Waals surface area (Å²) < 4.78 is 42.1. The number of nitrogens with zero attached hydrogens (tertiary/aromatic N) is 1. The Kier molecular flexibility index (Phi) is 5.87. The van der Waals surface area contributed by atoms with Gasteiger partial charge < -0.3 is 15.3 Å². The van der Waals surface area contributed by atoms with Crippen LogP contribution in [0.1, 0.15) is 17.0 Å². The van der Waals surface area contributed by atoms with E-state index in [0.717, 1.165) is 12.1 Å². The molecule has 1 aliphatic rings. The van der Waals surface area contributed by atoms with Crippen LogP contribution >= 0.6 is 15.9 Å². The van der Waals surface area contributed by atoms with E-state index < -0.39 is 60.1 Å². The van der Waals surface area contributed by atoms with Gasteiger partial charge >= 0.3 is 17.9 Å². The summed E-state index contributed by atoms with van der Waals surface area (Å²) in [6, 6.07) is 9.87. The average molecular weight is 528 g/mol. The van der Waals surface area contributed by atoms with E-state index in [1.165, 1.54) is 36.4 Å². The zero-order valence-corrected chi connectivity index (χ0v) is 18.6. The number of hydrogen-bond acceptors (Lipinski definition) is 5. The zero-order chi connectivity index (χ0) is 24.0. The summed E-state index contributed by atoms with van der Waals surface area (Å²) in [5.74, 6) is -10.7. The molecule has 0 aromatic heterocycles. The second-order valence-electron chi connectivity index (χ2n) is 6.95. The number of carboxylic acids is 3. The maximum absolute atomic E-state index is 15.5. The summed E-state index contributed by atoms with van der Waals surface area (Å²) >= 11 is 3.14. The molecule has 0 amide bonds. The van der Waals surface area contributed by atoms with Crippen LogP contribution in [-0.2, 0) is 24.4 Å². The molecule has 3 rings (SSSR count). The number of carboxylic acid groups (broad SMARTS) is 3. The molecule has 0 aliphatic carbocycles. The molecular weight excluding hydrogens is 513 g/mol. The van der Waals surface area contributed by atoms with Crippen molar-refractivity contribution in [2.45, 2.75) is 23.3 Å². The Bertz CT molecular complexity index is 1240. The van der Waals surface area contributed by atoms with Gasteiger partial charge in [-0.05, 0) is 36.8 Å². The summed E-state index contributed by atoms with van der Waals surface area (Å²) in [7, 11) is -5.15. The van der Waals surface area contributed by atoms with E-state index in [1.54, 1.807) is 6.92 Å². The second kappa shape index (κ2) is 8.02. The molecule has 1 heterocycles. The van der Waals surface area contributed by atoms with Crippen molar-refractivity contribution >= 4 is 43.9 Å². The van der Waals surface area contributed by atoms with Gasteiger partial charge in [0, 0.05) is 4.47 Å². The minimum atomic E-state index is -5.15. The third-order valence-corrected chi connectivity index (χ3v) is 7.40. The first-order valence-electron chi connectivity index (χ1n) is 8.84. The first kappa shape index (κ1) is 23.4. The van der Waals surface area contributed by atoms with E-state index >= 15 is 4.39 Å². The fraction of sp³-hybridized carbons (Fsp3) is 0.150. The van der Waals surface area contributed by atoms with Gasteiger partial charge in [-0.1, -0.05) is 45.8 Å². The molecule has 0 saturated carbocycles. The summed E-state index contributed by atoms with van der Waals surface area (Å²) in [6.07, 6.45) is 0. The third-order valence-electron chi connectivity index (χ3n) is 5.07. The third kappa shape index (κ3) is 3.35. The Labute approximate surface area is 189 Å². The van der Waals surface area contributed by atoms with Gasteiger partial charge in [0.25, 0.3) is 15.6 Å².